The van der Waals surface area contributed by atoms with Crippen molar-refractivity contribution in [3.05, 3.63) is 61.8 Å². The summed E-state index contributed by atoms with van der Waals surface area (Å²) in [5, 5.41) is 0.127. The molecule has 0 unspecified atom stereocenters. The molecule has 98 valence electrons. The van der Waals surface area contributed by atoms with E-state index < -0.39 is 5.97 Å². The summed E-state index contributed by atoms with van der Waals surface area (Å²) in [5.74, 6) is -0.501. The molecule has 0 saturated carbocycles. The van der Waals surface area contributed by atoms with Crippen molar-refractivity contribution in [2.24, 2.45) is 0 Å². The number of halogens is 3. The lowest BCUT2D eigenvalue weighted by Crippen LogP contribution is -2.06. The van der Waals surface area contributed by atoms with Crippen LogP contribution in [0.5, 0.6) is 0 Å². The first-order chi connectivity index (χ1) is 9.06. The summed E-state index contributed by atoms with van der Waals surface area (Å²) in [4.78, 5) is 15.8. The second-order valence-corrected chi connectivity index (χ2v) is 5.89. The third-order valence-corrected chi connectivity index (χ3v) is 3.51. The highest BCUT2D eigenvalue weighted by Crippen LogP contribution is 2.20. The second-order valence-electron chi connectivity index (χ2n) is 3.70. The number of aromatic nitrogens is 1. The molecule has 3 nitrogen and oxygen atoms in total. The van der Waals surface area contributed by atoms with Crippen molar-refractivity contribution in [1.29, 1.82) is 0 Å². The average Bonchev–Trinajstić information content (AvgIpc) is 2.39. The van der Waals surface area contributed by atoms with Gasteiger partial charge in [-0.25, -0.2) is 9.78 Å². The lowest BCUT2D eigenvalue weighted by Gasteiger charge is -2.06. The third kappa shape index (κ3) is 4.03. The smallest absolute Gasteiger partial charge is 0.341 e. The van der Waals surface area contributed by atoms with Crippen LogP contribution in [0.2, 0.25) is 5.15 Å². The van der Waals surface area contributed by atoms with E-state index in [1.165, 1.54) is 6.20 Å². The summed E-state index contributed by atoms with van der Waals surface area (Å²) in [5.41, 5.74) is 1.13. The van der Waals surface area contributed by atoms with Crippen LogP contribution in [0.1, 0.15) is 15.9 Å². The third-order valence-electron chi connectivity index (χ3n) is 2.28. The average molecular weight is 405 g/mol. The maximum absolute atomic E-state index is 11.9. The number of carbonyl (C=O) groups excluding carboxylic acids is 1. The highest BCUT2D eigenvalue weighted by atomic mass is 79.9. The van der Waals surface area contributed by atoms with E-state index in [0.29, 0.717) is 4.47 Å². The highest BCUT2D eigenvalue weighted by molar-refractivity contribution is 9.10. The van der Waals surface area contributed by atoms with Crippen LogP contribution in [0.4, 0.5) is 0 Å². The van der Waals surface area contributed by atoms with E-state index in [1.807, 2.05) is 24.3 Å². The molecule has 0 aliphatic rings. The van der Waals surface area contributed by atoms with E-state index in [4.69, 9.17) is 16.3 Å². The Kier molecular flexibility index (Phi) is 4.96. The second kappa shape index (κ2) is 6.50. The minimum atomic E-state index is -0.501. The van der Waals surface area contributed by atoms with Crippen LogP contribution >= 0.6 is 43.5 Å². The summed E-state index contributed by atoms with van der Waals surface area (Å²) in [6.45, 7) is 0.182. The molecule has 1 aromatic carbocycles. The zero-order chi connectivity index (χ0) is 13.8. The fourth-order valence-electron chi connectivity index (χ4n) is 1.42. The Hall–Kier alpha value is -0.910. The maximum atomic E-state index is 11.9. The van der Waals surface area contributed by atoms with Gasteiger partial charge in [0.2, 0.25) is 0 Å². The maximum Gasteiger partial charge on any atom is 0.341 e. The molecule has 0 saturated heterocycles. The van der Waals surface area contributed by atoms with E-state index in [0.717, 1.165) is 10.0 Å². The molecule has 0 N–H and O–H groups in total. The van der Waals surface area contributed by atoms with Crippen molar-refractivity contribution >= 4 is 49.4 Å². The van der Waals surface area contributed by atoms with Gasteiger partial charge in [0.1, 0.15) is 11.8 Å². The molecule has 1 heterocycles. The number of pyridine rings is 1. The fourth-order valence-corrected chi connectivity index (χ4v) is 2.38. The first-order valence-corrected chi connectivity index (χ1v) is 7.25. The summed E-state index contributed by atoms with van der Waals surface area (Å²) >= 11 is 12.5. The largest absolute Gasteiger partial charge is 0.457 e. The van der Waals surface area contributed by atoms with Crippen molar-refractivity contribution in [1.82, 2.24) is 4.98 Å². The Bertz CT molecular complexity index is 619. The van der Waals surface area contributed by atoms with E-state index in [1.54, 1.807) is 6.07 Å². The van der Waals surface area contributed by atoms with Crippen LogP contribution < -0.4 is 0 Å². The van der Waals surface area contributed by atoms with Gasteiger partial charge in [-0.1, -0.05) is 39.7 Å². The zero-order valence-electron chi connectivity index (χ0n) is 9.57. The number of nitrogens with zero attached hydrogens (tertiary/aromatic N) is 1. The van der Waals surface area contributed by atoms with E-state index >= 15 is 0 Å². The lowest BCUT2D eigenvalue weighted by atomic mass is 10.2. The monoisotopic (exact) mass is 403 g/mol. The van der Waals surface area contributed by atoms with Gasteiger partial charge in [-0.05, 0) is 39.7 Å². The van der Waals surface area contributed by atoms with E-state index in [2.05, 4.69) is 36.8 Å². The Morgan fingerprint density at radius 3 is 2.79 bits per heavy atom. The normalized spacial score (nSPS) is 10.3. The number of rotatable bonds is 3. The van der Waals surface area contributed by atoms with Crippen LogP contribution in [-0.4, -0.2) is 11.0 Å². The molecule has 0 fully saturated rings. The number of esters is 1. The van der Waals surface area contributed by atoms with Gasteiger partial charge in [-0.3, -0.25) is 0 Å². The zero-order valence-corrected chi connectivity index (χ0v) is 13.5. The SMILES string of the molecule is O=C(OCc1cccc(Br)c1)c1cc(Br)cnc1Cl. The molecule has 0 atom stereocenters. The van der Waals surface area contributed by atoms with Gasteiger partial charge in [0.05, 0.1) is 5.56 Å². The molecule has 0 radical (unpaired) electrons. The van der Waals surface area contributed by atoms with Crippen molar-refractivity contribution < 1.29 is 9.53 Å². The molecular formula is C13H8Br2ClNO2. The number of benzene rings is 1. The van der Waals surface area contributed by atoms with E-state index in [9.17, 15) is 4.79 Å². The highest BCUT2D eigenvalue weighted by Gasteiger charge is 2.13. The Morgan fingerprint density at radius 1 is 1.26 bits per heavy atom. The molecule has 6 heteroatoms. The van der Waals surface area contributed by atoms with Crippen LogP contribution in [0.25, 0.3) is 0 Å². The topological polar surface area (TPSA) is 39.2 Å². The van der Waals surface area contributed by atoms with E-state index in [-0.39, 0.29) is 17.3 Å². The summed E-state index contributed by atoms with van der Waals surface area (Å²) < 4.78 is 6.81. The fraction of sp³-hybridized carbons (Fsp3) is 0.0769. The Balaban J connectivity index is 2.07. The molecule has 0 amide bonds. The molecule has 0 aliphatic carbocycles. The van der Waals surface area contributed by atoms with Gasteiger partial charge in [0, 0.05) is 15.1 Å². The summed E-state index contributed by atoms with van der Waals surface area (Å²) in [6.07, 6.45) is 1.52. The first kappa shape index (κ1) is 14.5. The molecule has 2 rings (SSSR count). The lowest BCUT2D eigenvalue weighted by molar-refractivity contribution is 0.0472. The Morgan fingerprint density at radius 2 is 2.05 bits per heavy atom. The number of carbonyl (C=O) groups is 1. The molecular weight excluding hydrogens is 397 g/mol. The standard InChI is InChI=1S/C13H8Br2ClNO2/c14-9-3-1-2-8(4-9)7-19-13(18)11-5-10(15)6-17-12(11)16/h1-6H,7H2. The number of ether oxygens (including phenoxy) is 1. The van der Waals surface area contributed by atoms with Crippen LogP contribution in [0.15, 0.2) is 45.5 Å². The molecule has 0 spiro atoms. The van der Waals surface area contributed by atoms with Gasteiger partial charge in [0.25, 0.3) is 0 Å². The summed E-state index contributed by atoms with van der Waals surface area (Å²) in [7, 11) is 0. The summed E-state index contributed by atoms with van der Waals surface area (Å²) in [6, 6.07) is 9.12. The molecule has 1 aromatic heterocycles. The van der Waals surface area contributed by atoms with Gasteiger partial charge in [0.15, 0.2) is 0 Å². The quantitative estimate of drug-likeness (QED) is 0.553. The van der Waals surface area contributed by atoms with Gasteiger partial charge in [-0.15, -0.1) is 0 Å². The van der Waals surface area contributed by atoms with Gasteiger partial charge >= 0.3 is 5.97 Å². The van der Waals surface area contributed by atoms with Gasteiger partial charge < -0.3 is 4.74 Å². The molecule has 0 aliphatic heterocycles. The van der Waals surface area contributed by atoms with Crippen molar-refractivity contribution in [2.45, 2.75) is 6.61 Å². The minimum Gasteiger partial charge on any atom is -0.457 e. The van der Waals surface area contributed by atoms with Crippen LogP contribution in [0.3, 0.4) is 0 Å². The van der Waals surface area contributed by atoms with Crippen molar-refractivity contribution in [3.8, 4) is 0 Å². The first-order valence-electron chi connectivity index (χ1n) is 5.29. The van der Waals surface area contributed by atoms with Crippen molar-refractivity contribution in [3.63, 3.8) is 0 Å². The van der Waals surface area contributed by atoms with Crippen molar-refractivity contribution in [2.75, 3.05) is 0 Å². The predicted molar refractivity (Wildman–Crippen MR) is 80.2 cm³/mol. The number of hydrogen-bond acceptors (Lipinski definition) is 3. The van der Waals surface area contributed by atoms with Gasteiger partial charge in [-0.2, -0.15) is 0 Å². The van der Waals surface area contributed by atoms with Crippen LogP contribution in [-0.2, 0) is 11.3 Å². The predicted octanol–water partition coefficient (Wildman–Crippen LogP) is 4.62. The molecule has 0 bridgehead atoms. The molecule has 2 aromatic rings. The van der Waals surface area contributed by atoms with Crippen LogP contribution in [0, 0.1) is 0 Å². The molecule has 19 heavy (non-hydrogen) atoms. The minimum absolute atomic E-state index is 0.127. The number of hydrogen-bond donors (Lipinski definition) is 0. The Labute approximate surface area is 132 Å².